The summed E-state index contributed by atoms with van der Waals surface area (Å²) in [6, 6.07) is 0. The van der Waals surface area contributed by atoms with Crippen LogP contribution in [-0.2, 0) is 23.9 Å². The lowest BCUT2D eigenvalue weighted by Gasteiger charge is -2.65. The van der Waals surface area contributed by atoms with E-state index in [-0.39, 0.29) is 35.9 Å². The van der Waals surface area contributed by atoms with E-state index >= 15 is 0 Å². The monoisotopic (exact) mass is 450 g/mol. The van der Waals surface area contributed by atoms with Gasteiger partial charge in [0, 0.05) is 31.1 Å². The molecule has 180 valence electrons. The molecule has 0 radical (unpaired) electrons. The van der Waals surface area contributed by atoms with Crippen LogP contribution in [0, 0.1) is 28.6 Å². The molecule has 0 unspecified atom stereocenters. The van der Waals surface area contributed by atoms with E-state index < -0.39 is 40.2 Å². The van der Waals surface area contributed by atoms with Gasteiger partial charge in [0.05, 0.1) is 0 Å². The smallest absolute Gasteiger partial charge is 0.303 e. The standard InChI is InChI=1S/C25H38O7/c1-14(26)24(29)11-8-20-18-12-21(32-16(3)28)25(30)13-17(31-15(2)27)6-9-23(25,5)19(18)7-10-22(20,24)4/h17-21,29-30H,6-13H2,1-5H3/t17-,18+,19-,20-,21+,22-,23-,24+,25+/m1/s1. The van der Waals surface area contributed by atoms with Gasteiger partial charge in [-0.2, -0.15) is 0 Å². The summed E-state index contributed by atoms with van der Waals surface area (Å²) in [4.78, 5) is 36.1. The molecule has 4 aliphatic rings. The van der Waals surface area contributed by atoms with Crippen molar-refractivity contribution in [2.75, 3.05) is 0 Å². The van der Waals surface area contributed by atoms with Crippen LogP contribution >= 0.6 is 0 Å². The number of hydrogen-bond donors (Lipinski definition) is 2. The molecule has 4 fully saturated rings. The number of aliphatic hydroxyl groups is 2. The zero-order chi connectivity index (χ0) is 23.7. The first-order valence-corrected chi connectivity index (χ1v) is 12.1. The third-order valence-corrected chi connectivity index (χ3v) is 10.2. The van der Waals surface area contributed by atoms with Gasteiger partial charge >= 0.3 is 11.9 Å². The van der Waals surface area contributed by atoms with Crippen LogP contribution in [0.4, 0.5) is 0 Å². The predicted molar refractivity (Wildman–Crippen MR) is 115 cm³/mol. The molecule has 4 aliphatic carbocycles. The Kier molecular flexibility index (Phi) is 5.57. The first-order valence-electron chi connectivity index (χ1n) is 12.1. The number of Topliss-reactive ketones (excluding diaryl/α,β-unsaturated/α-hetero) is 1. The molecule has 4 saturated carbocycles. The zero-order valence-corrected chi connectivity index (χ0v) is 20.0. The first-order chi connectivity index (χ1) is 14.8. The van der Waals surface area contributed by atoms with Crippen molar-refractivity contribution in [1.82, 2.24) is 0 Å². The Balaban J connectivity index is 1.72. The molecule has 0 spiro atoms. The highest BCUT2D eigenvalue weighted by molar-refractivity contribution is 5.86. The van der Waals surface area contributed by atoms with Crippen molar-refractivity contribution >= 4 is 17.7 Å². The van der Waals surface area contributed by atoms with Crippen molar-refractivity contribution in [3.63, 3.8) is 0 Å². The Hall–Kier alpha value is -1.47. The molecule has 0 saturated heterocycles. The quantitative estimate of drug-likeness (QED) is 0.636. The second kappa shape index (κ2) is 7.52. The Morgan fingerprint density at radius 3 is 1.97 bits per heavy atom. The van der Waals surface area contributed by atoms with Crippen LogP contribution in [0.3, 0.4) is 0 Å². The SMILES string of the molecule is CC(=O)O[C@@H]1CC[C@]2(C)[C@@H]3CC[C@]4(C)[C@H](CC[C@]4(O)C(C)=O)[C@H]3C[C@H](OC(C)=O)[C@@]2(O)C1. The predicted octanol–water partition coefficient (Wildman–Crippen LogP) is 2.94. The van der Waals surface area contributed by atoms with Crippen molar-refractivity contribution < 1.29 is 34.1 Å². The summed E-state index contributed by atoms with van der Waals surface area (Å²) in [5.41, 5.74) is -3.63. The van der Waals surface area contributed by atoms with Crippen molar-refractivity contribution in [3.05, 3.63) is 0 Å². The molecule has 0 aliphatic heterocycles. The average Bonchev–Trinajstić information content (AvgIpc) is 2.96. The Bertz CT molecular complexity index is 825. The van der Waals surface area contributed by atoms with Crippen LogP contribution in [0.1, 0.15) is 86.0 Å². The molecule has 4 rings (SSSR count). The summed E-state index contributed by atoms with van der Waals surface area (Å²) in [6.45, 7) is 8.35. The van der Waals surface area contributed by atoms with Crippen LogP contribution in [0.5, 0.6) is 0 Å². The van der Waals surface area contributed by atoms with E-state index in [1.54, 1.807) is 0 Å². The summed E-state index contributed by atoms with van der Waals surface area (Å²) >= 11 is 0. The fraction of sp³-hybridized carbons (Fsp3) is 0.880. The number of carbonyl (C=O) groups excluding carboxylic acids is 3. The van der Waals surface area contributed by atoms with Crippen LogP contribution in [0.2, 0.25) is 0 Å². The van der Waals surface area contributed by atoms with Gasteiger partial charge in [0.25, 0.3) is 0 Å². The largest absolute Gasteiger partial charge is 0.462 e. The molecule has 32 heavy (non-hydrogen) atoms. The minimum absolute atomic E-state index is 0.126. The summed E-state index contributed by atoms with van der Waals surface area (Å²) in [5.74, 6) is -0.530. The molecule has 0 aromatic heterocycles. The van der Waals surface area contributed by atoms with Gasteiger partial charge in [-0.3, -0.25) is 14.4 Å². The number of fused-ring (bicyclic) bond motifs is 5. The van der Waals surface area contributed by atoms with Gasteiger partial charge in [-0.1, -0.05) is 13.8 Å². The Morgan fingerprint density at radius 2 is 1.38 bits per heavy atom. The highest BCUT2D eigenvalue weighted by Crippen LogP contribution is 2.69. The molecular formula is C25H38O7. The van der Waals surface area contributed by atoms with E-state index in [1.165, 1.54) is 20.8 Å². The summed E-state index contributed by atoms with van der Waals surface area (Å²) in [6.07, 6.45) is 3.71. The maximum Gasteiger partial charge on any atom is 0.303 e. The van der Waals surface area contributed by atoms with E-state index in [2.05, 4.69) is 6.92 Å². The molecule has 0 aromatic carbocycles. The van der Waals surface area contributed by atoms with Gasteiger partial charge in [-0.05, 0) is 69.6 Å². The van der Waals surface area contributed by atoms with Crippen LogP contribution in [-0.4, -0.2) is 51.3 Å². The number of esters is 2. The number of rotatable bonds is 3. The van der Waals surface area contributed by atoms with Gasteiger partial charge < -0.3 is 19.7 Å². The van der Waals surface area contributed by atoms with Crippen LogP contribution in [0.25, 0.3) is 0 Å². The number of ether oxygens (including phenoxy) is 2. The molecule has 9 atom stereocenters. The molecule has 0 aromatic rings. The Labute approximate surface area is 190 Å². The molecule has 7 nitrogen and oxygen atoms in total. The molecule has 7 heteroatoms. The molecule has 0 amide bonds. The van der Waals surface area contributed by atoms with Crippen molar-refractivity contribution in [1.29, 1.82) is 0 Å². The fourth-order valence-electron chi connectivity index (χ4n) is 8.49. The summed E-state index contributed by atoms with van der Waals surface area (Å²) < 4.78 is 11.2. The van der Waals surface area contributed by atoms with Gasteiger partial charge in [0.2, 0.25) is 0 Å². The second-order valence-corrected chi connectivity index (χ2v) is 11.4. The highest BCUT2D eigenvalue weighted by Gasteiger charge is 2.71. The average molecular weight is 451 g/mol. The third kappa shape index (κ3) is 3.10. The van der Waals surface area contributed by atoms with Gasteiger partial charge in [-0.25, -0.2) is 0 Å². The zero-order valence-electron chi connectivity index (χ0n) is 20.0. The lowest BCUT2D eigenvalue weighted by Crippen LogP contribution is -2.70. The van der Waals surface area contributed by atoms with E-state index in [0.29, 0.717) is 25.7 Å². The van der Waals surface area contributed by atoms with E-state index in [4.69, 9.17) is 9.47 Å². The lowest BCUT2D eigenvalue weighted by atomic mass is 9.42. The number of ketones is 1. The van der Waals surface area contributed by atoms with Crippen molar-refractivity contribution in [3.8, 4) is 0 Å². The summed E-state index contributed by atoms with van der Waals surface area (Å²) in [5, 5.41) is 23.5. The van der Waals surface area contributed by atoms with E-state index in [9.17, 15) is 24.6 Å². The topological polar surface area (TPSA) is 110 Å². The van der Waals surface area contributed by atoms with Crippen LogP contribution < -0.4 is 0 Å². The minimum atomic E-state index is -1.32. The van der Waals surface area contributed by atoms with Crippen molar-refractivity contribution in [2.24, 2.45) is 28.6 Å². The maximum absolute atomic E-state index is 12.5. The number of hydrogen-bond acceptors (Lipinski definition) is 7. The highest BCUT2D eigenvalue weighted by atomic mass is 16.6. The normalized spacial score (nSPS) is 49.9. The fourth-order valence-corrected chi connectivity index (χ4v) is 8.49. The third-order valence-electron chi connectivity index (χ3n) is 10.2. The van der Waals surface area contributed by atoms with Crippen molar-refractivity contribution in [2.45, 2.75) is 109 Å². The maximum atomic E-state index is 12.5. The second-order valence-electron chi connectivity index (χ2n) is 11.4. The van der Waals surface area contributed by atoms with E-state index in [1.807, 2.05) is 6.92 Å². The van der Waals surface area contributed by atoms with Gasteiger partial charge in [0.15, 0.2) is 5.78 Å². The molecule has 0 bridgehead atoms. The number of carbonyl (C=O) groups is 3. The van der Waals surface area contributed by atoms with E-state index in [0.717, 1.165) is 19.3 Å². The Morgan fingerprint density at radius 1 is 0.812 bits per heavy atom. The molecule has 2 N–H and O–H groups in total. The van der Waals surface area contributed by atoms with Gasteiger partial charge in [-0.15, -0.1) is 0 Å². The van der Waals surface area contributed by atoms with Gasteiger partial charge in [0.1, 0.15) is 23.4 Å². The van der Waals surface area contributed by atoms with Crippen LogP contribution in [0.15, 0.2) is 0 Å². The summed E-state index contributed by atoms with van der Waals surface area (Å²) in [7, 11) is 0. The molecular weight excluding hydrogens is 412 g/mol. The molecule has 0 heterocycles. The first kappa shape index (κ1) is 23.7. The lowest BCUT2D eigenvalue weighted by molar-refractivity contribution is -0.273. The minimum Gasteiger partial charge on any atom is -0.462 e.